The van der Waals surface area contributed by atoms with Crippen molar-refractivity contribution in [3.63, 3.8) is 0 Å². The fourth-order valence-electron chi connectivity index (χ4n) is 2.17. The molecule has 0 bridgehead atoms. The minimum Gasteiger partial charge on any atom is -0.499 e. The van der Waals surface area contributed by atoms with Gasteiger partial charge in [0.15, 0.2) is 5.75 Å². The summed E-state index contributed by atoms with van der Waals surface area (Å²) in [4.78, 5) is 34.5. The number of benzene rings is 1. The Morgan fingerprint density at radius 2 is 2.00 bits per heavy atom. The Morgan fingerprint density at radius 3 is 2.42 bits per heavy atom. The maximum Gasteiger partial charge on any atom is 0.417 e. The molecule has 1 aliphatic rings. The lowest BCUT2D eigenvalue weighted by atomic mass is 10.0. The fourth-order valence-corrected chi connectivity index (χ4v) is 2.17. The number of methoxy groups -OCH3 is 1. The molecule has 1 aliphatic carbocycles. The molecule has 0 heterocycles. The summed E-state index contributed by atoms with van der Waals surface area (Å²) in [5.74, 6) is -3.66. The second-order valence-corrected chi connectivity index (χ2v) is 5.54. The highest BCUT2D eigenvalue weighted by Gasteiger charge is 2.44. The largest absolute Gasteiger partial charge is 0.499 e. The number of nitro benzene ring substituents is 1. The first-order valence-corrected chi connectivity index (χ1v) is 7.23. The van der Waals surface area contributed by atoms with Crippen molar-refractivity contribution >= 4 is 17.6 Å². The van der Waals surface area contributed by atoms with Crippen molar-refractivity contribution in [3.05, 3.63) is 27.3 Å². The summed E-state index contributed by atoms with van der Waals surface area (Å²) in [6.45, 7) is 0. The van der Waals surface area contributed by atoms with Crippen LogP contribution in [0.4, 0.5) is 23.7 Å². The molecule has 142 valence electrons. The van der Waals surface area contributed by atoms with Crippen LogP contribution in [0.25, 0.3) is 0 Å². The van der Waals surface area contributed by atoms with E-state index in [0.29, 0.717) is 17.7 Å². The highest BCUT2D eigenvalue weighted by Crippen LogP contribution is 2.46. The summed E-state index contributed by atoms with van der Waals surface area (Å²) in [6, 6.07) is -0.934. The first kappa shape index (κ1) is 19.3. The minimum absolute atomic E-state index is 0.195. The molecule has 2 rings (SSSR count). The second-order valence-electron chi connectivity index (χ2n) is 5.54. The summed E-state index contributed by atoms with van der Waals surface area (Å²) >= 11 is 0. The number of phenolic OH excluding ortho intramolecular Hbond substituents is 1. The van der Waals surface area contributed by atoms with Gasteiger partial charge in [-0.05, 0) is 18.9 Å². The lowest BCUT2D eigenvalue weighted by Gasteiger charge is -2.20. The summed E-state index contributed by atoms with van der Waals surface area (Å²) in [7, 11) is 1.78. The van der Waals surface area contributed by atoms with Gasteiger partial charge in [-0.25, -0.2) is 4.79 Å². The van der Waals surface area contributed by atoms with Gasteiger partial charge in [-0.1, -0.05) is 0 Å². The highest BCUT2D eigenvalue weighted by atomic mass is 19.4. The quantitative estimate of drug-likeness (QED) is 0.613. The molecule has 12 heteroatoms. The molecular formula is C14H14F3N3O6. The maximum atomic E-state index is 13.4. The Kier molecular flexibility index (Phi) is 4.96. The fraction of sp³-hybridized carbons (Fsp3) is 0.429. The number of phenols is 1. The number of rotatable bonds is 4. The van der Waals surface area contributed by atoms with E-state index in [-0.39, 0.29) is 12.1 Å². The van der Waals surface area contributed by atoms with Crippen molar-refractivity contribution < 1.29 is 37.5 Å². The number of nitrogens with zero attached hydrogens (tertiary/aromatic N) is 2. The number of carbonyl (C=O) groups is 2. The van der Waals surface area contributed by atoms with Gasteiger partial charge in [0.1, 0.15) is 5.56 Å². The van der Waals surface area contributed by atoms with Crippen LogP contribution in [0.1, 0.15) is 28.8 Å². The average molecular weight is 377 g/mol. The zero-order chi connectivity index (χ0) is 19.8. The number of hydrogen-bond donors (Lipinski definition) is 2. The molecule has 0 atom stereocenters. The Hall–Kier alpha value is -3.05. The van der Waals surface area contributed by atoms with Crippen LogP contribution in [0.5, 0.6) is 11.5 Å². The van der Waals surface area contributed by atoms with Gasteiger partial charge in [0, 0.05) is 13.1 Å². The summed E-state index contributed by atoms with van der Waals surface area (Å²) in [6.07, 6.45) is -3.86. The number of alkyl halides is 3. The van der Waals surface area contributed by atoms with E-state index in [1.165, 1.54) is 0 Å². The topological polar surface area (TPSA) is 122 Å². The van der Waals surface area contributed by atoms with E-state index in [0.717, 1.165) is 14.2 Å². The third-order valence-corrected chi connectivity index (χ3v) is 3.68. The van der Waals surface area contributed by atoms with Crippen molar-refractivity contribution in [2.75, 3.05) is 14.2 Å². The van der Waals surface area contributed by atoms with Crippen molar-refractivity contribution in [2.45, 2.75) is 25.1 Å². The Labute approximate surface area is 144 Å². The Morgan fingerprint density at radius 1 is 1.42 bits per heavy atom. The first-order valence-electron chi connectivity index (χ1n) is 7.23. The van der Waals surface area contributed by atoms with Gasteiger partial charge >= 0.3 is 17.9 Å². The van der Waals surface area contributed by atoms with E-state index >= 15 is 0 Å². The molecule has 1 aromatic rings. The van der Waals surface area contributed by atoms with E-state index in [1.807, 2.05) is 0 Å². The molecule has 2 N–H and O–H groups in total. The lowest BCUT2D eigenvalue weighted by molar-refractivity contribution is -0.386. The third-order valence-electron chi connectivity index (χ3n) is 3.68. The molecule has 1 fully saturated rings. The van der Waals surface area contributed by atoms with Crippen LogP contribution in [0.3, 0.4) is 0 Å². The van der Waals surface area contributed by atoms with Crippen LogP contribution in [0, 0.1) is 10.1 Å². The molecule has 3 amide bonds. The number of aromatic hydroxyl groups is 1. The number of hydrogen-bond acceptors (Lipinski definition) is 6. The monoisotopic (exact) mass is 377 g/mol. The Balaban J connectivity index is 2.63. The van der Waals surface area contributed by atoms with E-state index in [9.17, 15) is 38.0 Å². The van der Waals surface area contributed by atoms with Gasteiger partial charge in [0.2, 0.25) is 5.75 Å². The molecule has 0 aromatic heterocycles. The highest BCUT2D eigenvalue weighted by molar-refractivity contribution is 6.08. The number of amides is 3. The van der Waals surface area contributed by atoms with Gasteiger partial charge in [-0.15, -0.1) is 0 Å². The van der Waals surface area contributed by atoms with Gasteiger partial charge < -0.3 is 15.2 Å². The zero-order valence-electron chi connectivity index (χ0n) is 13.6. The molecule has 0 radical (unpaired) electrons. The molecule has 0 spiro atoms. The maximum absolute atomic E-state index is 13.4. The predicted molar refractivity (Wildman–Crippen MR) is 80.0 cm³/mol. The molecule has 26 heavy (non-hydrogen) atoms. The van der Waals surface area contributed by atoms with E-state index in [2.05, 4.69) is 10.1 Å². The van der Waals surface area contributed by atoms with Crippen LogP contribution in [0.2, 0.25) is 0 Å². The average Bonchev–Trinajstić information content (AvgIpc) is 3.35. The van der Waals surface area contributed by atoms with Gasteiger partial charge in [-0.3, -0.25) is 19.8 Å². The van der Waals surface area contributed by atoms with Crippen LogP contribution in [-0.4, -0.2) is 47.1 Å². The van der Waals surface area contributed by atoms with Crippen LogP contribution < -0.4 is 10.1 Å². The summed E-state index contributed by atoms with van der Waals surface area (Å²) < 4.78 is 44.6. The molecule has 0 unspecified atom stereocenters. The number of nitro groups is 1. The van der Waals surface area contributed by atoms with E-state index < -0.39 is 51.4 Å². The standard InChI is InChI=1S/C14H14F3N3O6/c1-19(13(23)18-6-3-4-6)12(22)9-7(14(15,16)17)5-8(26-2)11(21)10(9)20(24)25/h5-6,21H,3-4H2,1-2H3,(H,18,23). The van der Waals surface area contributed by atoms with Crippen LogP contribution in [-0.2, 0) is 6.18 Å². The predicted octanol–water partition coefficient (Wildman–Crippen LogP) is 2.27. The molecule has 0 aliphatic heterocycles. The second kappa shape index (κ2) is 6.69. The SMILES string of the molecule is COc1cc(C(F)(F)F)c(C(=O)N(C)C(=O)NC2CC2)c([N+](=O)[O-])c1O. The zero-order valence-corrected chi connectivity index (χ0v) is 13.6. The van der Waals surface area contributed by atoms with Crippen molar-refractivity contribution in [1.82, 2.24) is 10.2 Å². The van der Waals surface area contributed by atoms with Crippen molar-refractivity contribution in [2.24, 2.45) is 0 Å². The number of carbonyl (C=O) groups excluding carboxylic acids is 2. The van der Waals surface area contributed by atoms with Crippen molar-refractivity contribution in [1.29, 1.82) is 0 Å². The Bertz CT molecular complexity index is 776. The normalized spacial score (nSPS) is 13.9. The van der Waals surface area contributed by atoms with Crippen LogP contribution >= 0.6 is 0 Å². The van der Waals surface area contributed by atoms with Crippen LogP contribution in [0.15, 0.2) is 6.07 Å². The first-order chi connectivity index (χ1) is 12.0. The lowest BCUT2D eigenvalue weighted by Crippen LogP contribution is -2.42. The molecule has 1 saturated carbocycles. The van der Waals surface area contributed by atoms with Gasteiger partial charge in [-0.2, -0.15) is 13.2 Å². The third kappa shape index (κ3) is 3.63. The molecule has 1 aromatic carbocycles. The summed E-state index contributed by atoms with van der Waals surface area (Å²) in [5.41, 5.74) is -4.64. The molecule has 0 saturated heterocycles. The number of ether oxygens (including phenoxy) is 1. The number of halogens is 3. The van der Waals surface area contributed by atoms with E-state index in [1.54, 1.807) is 0 Å². The molecule has 9 nitrogen and oxygen atoms in total. The summed E-state index contributed by atoms with van der Waals surface area (Å²) in [5, 5.41) is 23.5. The van der Waals surface area contributed by atoms with E-state index in [4.69, 9.17) is 0 Å². The number of imide groups is 1. The van der Waals surface area contributed by atoms with Crippen molar-refractivity contribution in [3.8, 4) is 11.5 Å². The minimum atomic E-state index is -5.18. The van der Waals surface area contributed by atoms with Gasteiger partial charge in [0.05, 0.1) is 17.6 Å². The smallest absolute Gasteiger partial charge is 0.417 e. The number of urea groups is 1. The molecular weight excluding hydrogens is 363 g/mol. The van der Waals surface area contributed by atoms with Gasteiger partial charge in [0.25, 0.3) is 5.91 Å². The number of nitrogens with one attached hydrogen (secondary N) is 1.